The minimum absolute atomic E-state index is 0.495. The Bertz CT molecular complexity index is 879. The molecule has 4 nitrogen and oxygen atoms in total. The molecule has 5 rings (SSSR count). The standard InChI is InChI=1S/C26H30N4/c1-3-11-19(12-4-1)23-24(20-13-5-2-6-14-20)30-26(28-22-17-9-10-18-22)25(29-23)27-21-15-7-8-16-21/h1-6,11-14,21-22H,7-10,15-18H2,(H,27,29)(H,28,30). The van der Waals surface area contributed by atoms with Gasteiger partial charge in [0, 0.05) is 23.2 Å². The smallest absolute Gasteiger partial charge is 0.170 e. The lowest BCUT2D eigenvalue weighted by Gasteiger charge is -2.22. The maximum absolute atomic E-state index is 5.19. The molecule has 4 heteroatoms. The predicted octanol–water partition coefficient (Wildman–Crippen LogP) is 6.52. The minimum atomic E-state index is 0.495. The van der Waals surface area contributed by atoms with Gasteiger partial charge in [-0.1, -0.05) is 86.3 Å². The number of benzene rings is 2. The Labute approximate surface area is 179 Å². The number of rotatable bonds is 6. The van der Waals surface area contributed by atoms with Crippen LogP contribution in [-0.2, 0) is 0 Å². The van der Waals surface area contributed by atoms with E-state index in [1.807, 2.05) is 12.1 Å². The molecule has 0 radical (unpaired) electrons. The van der Waals surface area contributed by atoms with Gasteiger partial charge in [-0.05, 0) is 25.7 Å². The first-order chi connectivity index (χ1) is 14.9. The fourth-order valence-corrected chi connectivity index (χ4v) is 4.76. The van der Waals surface area contributed by atoms with Crippen LogP contribution in [0, 0.1) is 0 Å². The Morgan fingerprint density at radius 1 is 0.533 bits per heavy atom. The molecule has 2 aliphatic carbocycles. The highest BCUT2D eigenvalue weighted by Gasteiger charge is 2.23. The van der Waals surface area contributed by atoms with Crippen LogP contribution >= 0.6 is 0 Å². The third kappa shape index (κ3) is 4.18. The van der Waals surface area contributed by atoms with Crippen LogP contribution in [0.4, 0.5) is 11.6 Å². The third-order valence-electron chi connectivity index (χ3n) is 6.38. The average Bonchev–Trinajstić information content (AvgIpc) is 3.50. The molecular formula is C26H30N4. The maximum Gasteiger partial charge on any atom is 0.170 e. The molecule has 30 heavy (non-hydrogen) atoms. The summed E-state index contributed by atoms with van der Waals surface area (Å²) in [7, 11) is 0. The fourth-order valence-electron chi connectivity index (χ4n) is 4.76. The Morgan fingerprint density at radius 3 is 1.27 bits per heavy atom. The van der Waals surface area contributed by atoms with Gasteiger partial charge >= 0.3 is 0 Å². The van der Waals surface area contributed by atoms with Crippen molar-refractivity contribution in [3.63, 3.8) is 0 Å². The normalized spacial score (nSPS) is 17.3. The summed E-state index contributed by atoms with van der Waals surface area (Å²) in [4.78, 5) is 10.4. The second-order valence-electron chi connectivity index (χ2n) is 8.60. The number of hydrogen-bond donors (Lipinski definition) is 2. The van der Waals surface area contributed by atoms with E-state index in [1.54, 1.807) is 0 Å². The minimum Gasteiger partial charge on any atom is -0.364 e. The first-order valence-corrected chi connectivity index (χ1v) is 11.4. The van der Waals surface area contributed by atoms with E-state index >= 15 is 0 Å². The van der Waals surface area contributed by atoms with Crippen LogP contribution in [0.15, 0.2) is 60.7 Å². The molecule has 0 atom stereocenters. The van der Waals surface area contributed by atoms with Gasteiger partial charge in [-0.15, -0.1) is 0 Å². The van der Waals surface area contributed by atoms with E-state index in [4.69, 9.17) is 9.97 Å². The summed E-state index contributed by atoms with van der Waals surface area (Å²) < 4.78 is 0. The van der Waals surface area contributed by atoms with Crippen molar-refractivity contribution in [2.45, 2.75) is 63.5 Å². The molecule has 0 aliphatic heterocycles. The highest BCUT2D eigenvalue weighted by Crippen LogP contribution is 2.35. The molecule has 2 saturated carbocycles. The number of hydrogen-bond acceptors (Lipinski definition) is 4. The number of nitrogens with one attached hydrogen (secondary N) is 2. The molecule has 0 amide bonds. The van der Waals surface area contributed by atoms with Crippen molar-refractivity contribution in [3.05, 3.63) is 60.7 Å². The molecular weight excluding hydrogens is 368 g/mol. The Morgan fingerprint density at radius 2 is 0.900 bits per heavy atom. The van der Waals surface area contributed by atoms with Gasteiger partial charge in [0.2, 0.25) is 0 Å². The van der Waals surface area contributed by atoms with Crippen molar-refractivity contribution >= 4 is 11.6 Å². The average molecular weight is 399 g/mol. The van der Waals surface area contributed by atoms with Crippen LogP contribution in [0.3, 0.4) is 0 Å². The molecule has 154 valence electrons. The van der Waals surface area contributed by atoms with Crippen LogP contribution in [-0.4, -0.2) is 22.1 Å². The second-order valence-corrected chi connectivity index (χ2v) is 8.60. The monoisotopic (exact) mass is 398 g/mol. The van der Waals surface area contributed by atoms with E-state index in [0.29, 0.717) is 12.1 Å². The van der Waals surface area contributed by atoms with Gasteiger partial charge in [-0.25, -0.2) is 9.97 Å². The number of anilines is 2. The van der Waals surface area contributed by atoms with E-state index in [9.17, 15) is 0 Å². The van der Waals surface area contributed by atoms with Crippen LogP contribution in [0.1, 0.15) is 51.4 Å². The molecule has 2 N–H and O–H groups in total. The summed E-state index contributed by atoms with van der Waals surface area (Å²) in [6.45, 7) is 0. The van der Waals surface area contributed by atoms with E-state index in [2.05, 4.69) is 59.2 Å². The van der Waals surface area contributed by atoms with E-state index in [0.717, 1.165) is 34.2 Å². The van der Waals surface area contributed by atoms with Gasteiger partial charge in [-0.2, -0.15) is 0 Å². The lowest BCUT2D eigenvalue weighted by molar-refractivity contribution is 0.736. The Hall–Kier alpha value is -2.88. The summed E-state index contributed by atoms with van der Waals surface area (Å²) in [5.41, 5.74) is 4.09. The number of aromatic nitrogens is 2. The van der Waals surface area contributed by atoms with E-state index < -0.39 is 0 Å². The zero-order valence-corrected chi connectivity index (χ0v) is 17.5. The summed E-state index contributed by atoms with van der Waals surface area (Å²) in [5.74, 6) is 1.82. The Kier molecular flexibility index (Phi) is 5.65. The lowest BCUT2D eigenvalue weighted by atomic mass is 10.0. The summed E-state index contributed by atoms with van der Waals surface area (Å²) in [5, 5.41) is 7.47. The molecule has 1 aromatic heterocycles. The zero-order valence-electron chi connectivity index (χ0n) is 17.5. The lowest BCUT2D eigenvalue weighted by Crippen LogP contribution is -2.22. The quantitative estimate of drug-likeness (QED) is 0.496. The second kappa shape index (κ2) is 8.86. The number of nitrogens with zero attached hydrogens (tertiary/aromatic N) is 2. The molecule has 2 aromatic carbocycles. The van der Waals surface area contributed by atoms with Crippen molar-refractivity contribution < 1.29 is 0 Å². The maximum atomic E-state index is 5.19. The zero-order chi connectivity index (χ0) is 20.2. The van der Waals surface area contributed by atoms with Gasteiger partial charge in [0.05, 0.1) is 11.4 Å². The fraction of sp³-hybridized carbons (Fsp3) is 0.385. The van der Waals surface area contributed by atoms with Crippen LogP contribution in [0.25, 0.3) is 22.5 Å². The van der Waals surface area contributed by atoms with Crippen LogP contribution in [0.2, 0.25) is 0 Å². The summed E-state index contributed by atoms with van der Waals surface area (Å²) >= 11 is 0. The van der Waals surface area contributed by atoms with Crippen molar-refractivity contribution in [2.75, 3.05) is 10.6 Å². The molecule has 0 saturated heterocycles. The highest BCUT2D eigenvalue weighted by atomic mass is 15.1. The largest absolute Gasteiger partial charge is 0.364 e. The van der Waals surface area contributed by atoms with Crippen molar-refractivity contribution in [1.82, 2.24) is 9.97 Å². The predicted molar refractivity (Wildman–Crippen MR) is 125 cm³/mol. The molecule has 0 bridgehead atoms. The molecule has 1 heterocycles. The van der Waals surface area contributed by atoms with E-state index in [-0.39, 0.29) is 0 Å². The van der Waals surface area contributed by atoms with Gasteiger partial charge in [0.25, 0.3) is 0 Å². The van der Waals surface area contributed by atoms with Crippen molar-refractivity contribution in [3.8, 4) is 22.5 Å². The van der Waals surface area contributed by atoms with Crippen LogP contribution in [0.5, 0.6) is 0 Å². The Balaban J connectivity index is 1.62. The third-order valence-corrected chi connectivity index (χ3v) is 6.38. The molecule has 0 spiro atoms. The SMILES string of the molecule is c1ccc(-c2nc(NC3CCCC3)c(NC3CCCC3)nc2-c2ccccc2)cc1. The van der Waals surface area contributed by atoms with Gasteiger partial charge in [-0.3, -0.25) is 0 Å². The molecule has 3 aromatic rings. The molecule has 0 unspecified atom stereocenters. The van der Waals surface area contributed by atoms with Gasteiger partial charge in [0.1, 0.15) is 0 Å². The summed E-state index contributed by atoms with van der Waals surface area (Å²) in [6, 6.07) is 21.9. The van der Waals surface area contributed by atoms with E-state index in [1.165, 1.54) is 51.4 Å². The van der Waals surface area contributed by atoms with Crippen molar-refractivity contribution in [2.24, 2.45) is 0 Å². The molecule has 2 aliphatic rings. The van der Waals surface area contributed by atoms with Gasteiger partial charge < -0.3 is 10.6 Å². The van der Waals surface area contributed by atoms with Crippen molar-refractivity contribution in [1.29, 1.82) is 0 Å². The van der Waals surface area contributed by atoms with Crippen LogP contribution < -0.4 is 10.6 Å². The first kappa shape index (κ1) is 19.1. The van der Waals surface area contributed by atoms with Gasteiger partial charge in [0.15, 0.2) is 11.6 Å². The summed E-state index contributed by atoms with van der Waals surface area (Å²) in [6.07, 6.45) is 10.0. The first-order valence-electron chi connectivity index (χ1n) is 11.4. The molecule has 2 fully saturated rings. The highest BCUT2D eigenvalue weighted by molar-refractivity contribution is 5.82. The topological polar surface area (TPSA) is 49.8 Å².